The van der Waals surface area contributed by atoms with Gasteiger partial charge in [-0.25, -0.2) is 0 Å². The molecular weight excluding hydrogens is 436 g/mol. The van der Waals surface area contributed by atoms with Crippen LogP contribution in [0, 0.1) is 0 Å². The van der Waals surface area contributed by atoms with E-state index in [1.54, 1.807) is 0 Å². The smallest absolute Gasteiger partial charge is 0.00697 e. The molecule has 36 heavy (non-hydrogen) atoms. The van der Waals surface area contributed by atoms with E-state index in [1.165, 1.54) is 71.4 Å². The number of benzene rings is 4. The van der Waals surface area contributed by atoms with E-state index in [-0.39, 0.29) is 0 Å². The summed E-state index contributed by atoms with van der Waals surface area (Å²) in [7, 11) is 4.47. The Morgan fingerprint density at radius 3 is 1.31 bits per heavy atom. The van der Waals surface area contributed by atoms with Crippen molar-refractivity contribution in [2.45, 2.75) is 63.5 Å². The number of hydrogen-bond donors (Lipinski definition) is 0. The molecule has 0 saturated carbocycles. The fourth-order valence-electron chi connectivity index (χ4n) is 6.11. The van der Waals surface area contributed by atoms with Gasteiger partial charge in [0.25, 0.3) is 0 Å². The number of hydrogen-bond acceptors (Lipinski definition) is 2. The van der Waals surface area contributed by atoms with Gasteiger partial charge in [0.05, 0.1) is 0 Å². The summed E-state index contributed by atoms with van der Waals surface area (Å²) in [5.41, 5.74) is 3.04. The van der Waals surface area contributed by atoms with Gasteiger partial charge in [0, 0.05) is 12.1 Å². The average Bonchev–Trinajstić information content (AvgIpc) is 2.91. The predicted molar refractivity (Wildman–Crippen MR) is 156 cm³/mol. The highest BCUT2D eigenvalue weighted by Gasteiger charge is 2.25. The molecule has 0 spiro atoms. The summed E-state index contributed by atoms with van der Waals surface area (Å²) in [6, 6.07) is 32.7. The first-order chi connectivity index (χ1) is 17.5. The van der Waals surface area contributed by atoms with E-state index < -0.39 is 0 Å². The Hall–Kier alpha value is -2.68. The van der Waals surface area contributed by atoms with Gasteiger partial charge in [-0.15, -0.1) is 0 Å². The van der Waals surface area contributed by atoms with Crippen LogP contribution < -0.4 is 0 Å². The van der Waals surface area contributed by atoms with Crippen molar-refractivity contribution in [1.82, 2.24) is 9.80 Å². The van der Waals surface area contributed by atoms with Crippen LogP contribution in [-0.2, 0) is 0 Å². The van der Waals surface area contributed by atoms with Gasteiger partial charge in [0.15, 0.2) is 0 Å². The molecule has 2 aliphatic heterocycles. The third-order valence-corrected chi connectivity index (χ3v) is 8.91. The van der Waals surface area contributed by atoms with Gasteiger partial charge >= 0.3 is 0 Å². The topological polar surface area (TPSA) is 6.48 Å². The Balaban J connectivity index is 0.000000148. The second-order valence-electron chi connectivity index (χ2n) is 11.3. The lowest BCUT2D eigenvalue weighted by molar-refractivity contribution is 0.183. The van der Waals surface area contributed by atoms with E-state index in [1.807, 2.05) is 0 Å². The highest BCUT2D eigenvalue weighted by molar-refractivity contribution is 5.83. The molecular formula is C34H42N2. The summed E-state index contributed by atoms with van der Waals surface area (Å²) in [5, 5.41) is 5.45. The predicted octanol–water partition coefficient (Wildman–Crippen LogP) is 8.08. The highest BCUT2D eigenvalue weighted by Crippen LogP contribution is 2.33. The van der Waals surface area contributed by atoms with Crippen LogP contribution >= 0.6 is 0 Å². The monoisotopic (exact) mass is 478 g/mol. The third-order valence-electron chi connectivity index (χ3n) is 8.91. The van der Waals surface area contributed by atoms with Gasteiger partial charge in [-0.2, -0.15) is 0 Å². The second kappa shape index (κ2) is 11.2. The Labute approximate surface area is 217 Å². The third kappa shape index (κ3) is 5.66. The standard InChI is InChI=1S/2C17H21N/c2*1-13-11-17(9-10-18(13)2)16-8-7-14-5-3-4-6-15(14)12-16/h2*3-8,12-13,17H,9-11H2,1-2H3/t13-,17+;13-,17-/m11/s1. The number of rotatable bonds is 2. The van der Waals surface area contributed by atoms with E-state index >= 15 is 0 Å². The number of nitrogens with zero attached hydrogens (tertiary/aromatic N) is 2. The van der Waals surface area contributed by atoms with Crippen LogP contribution in [0.2, 0.25) is 0 Å². The summed E-state index contributed by atoms with van der Waals surface area (Å²) in [4.78, 5) is 4.94. The minimum atomic E-state index is 0.704. The number of likely N-dealkylation sites (tertiary alicyclic amines) is 2. The average molecular weight is 479 g/mol. The lowest BCUT2D eigenvalue weighted by atomic mass is 9.85. The molecule has 0 radical (unpaired) electrons. The molecule has 0 amide bonds. The summed E-state index contributed by atoms with van der Waals surface area (Å²) >= 11 is 0. The Kier molecular flexibility index (Phi) is 7.74. The molecule has 6 rings (SSSR count). The van der Waals surface area contributed by atoms with Crippen LogP contribution in [0.15, 0.2) is 84.9 Å². The first kappa shape index (κ1) is 25.0. The molecule has 4 aromatic carbocycles. The second-order valence-corrected chi connectivity index (χ2v) is 11.3. The van der Waals surface area contributed by atoms with Gasteiger partial charge in [-0.05, 0) is 111 Å². The largest absolute Gasteiger partial charge is 0.304 e. The van der Waals surface area contributed by atoms with Crippen molar-refractivity contribution >= 4 is 21.5 Å². The molecule has 2 nitrogen and oxygen atoms in total. The molecule has 2 fully saturated rings. The minimum Gasteiger partial charge on any atom is -0.304 e. The molecule has 2 heterocycles. The molecule has 2 aliphatic rings. The maximum atomic E-state index is 2.47. The van der Waals surface area contributed by atoms with Crippen molar-refractivity contribution < 1.29 is 0 Å². The van der Waals surface area contributed by atoms with E-state index in [2.05, 4.69) is 123 Å². The molecule has 2 heteroatoms. The molecule has 0 unspecified atom stereocenters. The molecule has 0 bridgehead atoms. The van der Waals surface area contributed by atoms with Gasteiger partial charge in [0.1, 0.15) is 0 Å². The number of piperidine rings is 2. The van der Waals surface area contributed by atoms with Crippen LogP contribution in [-0.4, -0.2) is 49.1 Å². The Morgan fingerprint density at radius 1 is 0.528 bits per heavy atom. The van der Waals surface area contributed by atoms with Crippen LogP contribution in [0.1, 0.15) is 62.5 Å². The van der Waals surface area contributed by atoms with Crippen molar-refractivity contribution in [3.8, 4) is 0 Å². The van der Waals surface area contributed by atoms with Gasteiger partial charge in [-0.1, -0.05) is 84.9 Å². The highest BCUT2D eigenvalue weighted by atomic mass is 15.1. The normalized spacial score (nSPS) is 25.4. The molecule has 2 saturated heterocycles. The van der Waals surface area contributed by atoms with E-state index in [0.29, 0.717) is 12.1 Å². The summed E-state index contributed by atoms with van der Waals surface area (Å²) in [6.07, 6.45) is 5.15. The van der Waals surface area contributed by atoms with Crippen LogP contribution in [0.4, 0.5) is 0 Å². The zero-order valence-electron chi connectivity index (χ0n) is 22.5. The van der Waals surface area contributed by atoms with Crippen LogP contribution in [0.25, 0.3) is 21.5 Å². The molecule has 188 valence electrons. The SMILES string of the molecule is C[C@@H]1C[C@@H](c2ccc3ccccc3c2)CCN1C.C[C@@H]1C[C@H](c2ccc3ccccc3c2)CCN1C. The lowest BCUT2D eigenvalue weighted by Gasteiger charge is -2.35. The first-order valence-electron chi connectivity index (χ1n) is 13.9. The maximum Gasteiger partial charge on any atom is 0.00697 e. The zero-order valence-corrected chi connectivity index (χ0v) is 22.5. The van der Waals surface area contributed by atoms with Crippen molar-refractivity contribution in [3.63, 3.8) is 0 Å². The fraction of sp³-hybridized carbons (Fsp3) is 0.412. The van der Waals surface area contributed by atoms with E-state index in [0.717, 1.165) is 11.8 Å². The first-order valence-corrected chi connectivity index (χ1v) is 13.9. The van der Waals surface area contributed by atoms with Crippen molar-refractivity contribution in [3.05, 3.63) is 96.1 Å². The molecule has 4 aromatic rings. The van der Waals surface area contributed by atoms with Crippen LogP contribution in [0.5, 0.6) is 0 Å². The summed E-state index contributed by atoms with van der Waals surface area (Å²) in [6.45, 7) is 7.12. The molecule has 4 atom stereocenters. The lowest BCUT2D eigenvalue weighted by Crippen LogP contribution is -2.36. The zero-order chi connectivity index (χ0) is 25.1. The van der Waals surface area contributed by atoms with Crippen LogP contribution in [0.3, 0.4) is 0 Å². The van der Waals surface area contributed by atoms with Crippen molar-refractivity contribution in [2.75, 3.05) is 27.2 Å². The maximum absolute atomic E-state index is 2.47. The van der Waals surface area contributed by atoms with Crippen molar-refractivity contribution in [2.24, 2.45) is 0 Å². The Bertz CT molecular complexity index is 1190. The van der Waals surface area contributed by atoms with E-state index in [4.69, 9.17) is 0 Å². The molecule has 0 N–H and O–H groups in total. The van der Waals surface area contributed by atoms with Gasteiger partial charge in [-0.3, -0.25) is 0 Å². The van der Waals surface area contributed by atoms with Crippen molar-refractivity contribution in [1.29, 1.82) is 0 Å². The van der Waals surface area contributed by atoms with E-state index in [9.17, 15) is 0 Å². The molecule has 0 aromatic heterocycles. The molecule has 0 aliphatic carbocycles. The van der Waals surface area contributed by atoms with Gasteiger partial charge < -0.3 is 9.80 Å². The quantitative estimate of drug-likeness (QED) is 0.287. The van der Waals surface area contributed by atoms with Gasteiger partial charge in [0.2, 0.25) is 0 Å². The minimum absolute atomic E-state index is 0.704. The Morgan fingerprint density at radius 2 is 0.917 bits per heavy atom. The summed E-state index contributed by atoms with van der Waals surface area (Å²) < 4.78 is 0. The number of fused-ring (bicyclic) bond motifs is 2. The summed E-state index contributed by atoms with van der Waals surface area (Å²) in [5.74, 6) is 1.47. The fourth-order valence-corrected chi connectivity index (χ4v) is 6.11.